The molecular weight excluding hydrogens is 316 g/mol. The molecule has 0 radical (unpaired) electrons. The Hall–Kier alpha value is -1.75. The second kappa shape index (κ2) is 6.52. The highest BCUT2D eigenvalue weighted by atomic mass is 16.6. The number of fused-ring (bicyclic) bond motifs is 1. The molecule has 1 spiro atoms. The third-order valence-corrected chi connectivity index (χ3v) is 6.00. The van der Waals surface area contributed by atoms with E-state index in [0.717, 1.165) is 49.4 Å². The summed E-state index contributed by atoms with van der Waals surface area (Å²) in [6.07, 6.45) is 3.30. The molecule has 1 saturated heterocycles. The van der Waals surface area contributed by atoms with E-state index in [9.17, 15) is 4.79 Å². The van der Waals surface area contributed by atoms with Gasteiger partial charge in [0.1, 0.15) is 13.2 Å². The molecule has 136 valence electrons. The standard InChI is InChI=1S/C20H28N2O3/c1-13(2)18(14-3-4-16-17(11-14)25-10-9-24-16)22-19(23)15-12-20(15)5-7-21-8-6-20/h3-4,11,13,15,18,21H,5-10,12H2,1-2H3,(H,22,23). The quantitative estimate of drug-likeness (QED) is 0.882. The lowest BCUT2D eigenvalue weighted by Crippen LogP contribution is -2.36. The van der Waals surface area contributed by atoms with Crippen LogP contribution in [-0.4, -0.2) is 32.2 Å². The predicted molar refractivity (Wildman–Crippen MR) is 95.8 cm³/mol. The van der Waals surface area contributed by atoms with Gasteiger partial charge in [-0.15, -0.1) is 0 Å². The van der Waals surface area contributed by atoms with Crippen LogP contribution >= 0.6 is 0 Å². The molecule has 25 heavy (non-hydrogen) atoms. The van der Waals surface area contributed by atoms with Crippen molar-refractivity contribution < 1.29 is 14.3 Å². The van der Waals surface area contributed by atoms with Crippen molar-refractivity contribution >= 4 is 5.91 Å². The molecule has 2 fully saturated rings. The Morgan fingerprint density at radius 3 is 2.64 bits per heavy atom. The number of nitrogens with one attached hydrogen (secondary N) is 2. The molecule has 5 nitrogen and oxygen atoms in total. The van der Waals surface area contributed by atoms with Gasteiger partial charge in [-0.25, -0.2) is 0 Å². The van der Waals surface area contributed by atoms with Crippen LogP contribution in [0.3, 0.4) is 0 Å². The first-order valence-corrected chi connectivity index (χ1v) is 9.50. The molecular formula is C20H28N2O3. The molecule has 1 amide bonds. The first kappa shape index (κ1) is 16.7. The van der Waals surface area contributed by atoms with Crippen molar-refractivity contribution in [3.8, 4) is 11.5 Å². The lowest BCUT2D eigenvalue weighted by atomic mass is 9.91. The van der Waals surface area contributed by atoms with Crippen molar-refractivity contribution in [3.63, 3.8) is 0 Å². The van der Waals surface area contributed by atoms with Crippen molar-refractivity contribution in [2.75, 3.05) is 26.3 Å². The van der Waals surface area contributed by atoms with Crippen LogP contribution < -0.4 is 20.1 Å². The molecule has 2 aliphatic heterocycles. The first-order valence-electron chi connectivity index (χ1n) is 9.50. The molecule has 3 aliphatic rings. The minimum Gasteiger partial charge on any atom is -0.486 e. The second-order valence-corrected chi connectivity index (χ2v) is 8.00. The van der Waals surface area contributed by atoms with Gasteiger partial charge < -0.3 is 20.1 Å². The minimum absolute atomic E-state index is 0.00249. The third-order valence-electron chi connectivity index (χ3n) is 6.00. The summed E-state index contributed by atoms with van der Waals surface area (Å²) >= 11 is 0. The predicted octanol–water partition coefficient (Wildman–Crippen LogP) is 2.66. The normalized spacial score (nSPS) is 24.8. The van der Waals surface area contributed by atoms with E-state index in [-0.39, 0.29) is 23.3 Å². The van der Waals surface area contributed by atoms with Crippen LogP contribution in [0.1, 0.15) is 44.7 Å². The van der Waals surface area contributed by atoms with E-state index in [4.69, 9.17) is 9.47 Å². The number of piperidine rings is 1. The molecule has 1 aromatic rings. The van der Waals surface area contributed by atoms with Crippen molar-refractivity contribution in [1.82, 2.24) is 10.6 Å². The van der Waals surface area contributed by atoms with Gasteiger partial charge in [-0.1, -0.05) is 19.9 Å². The lowest BCUT2D eigenvalue weighted by molar-refractivity contribution is -0.124. The number of amides is 1. The number of benzene rings is 1. The fraction of sp³-hybridized carbons (Fsp3) is 0.650. The van der Waals surface area contributed by atoms with Crippen molar-refractivity contribution in [2.45, 2.75) is 39.2 Å². The molecule has 0 bridgehead atoms. The maximum Gasteiger partial charge on any atom is 0.224 e. The Bertz CT molecular complexity index is 652. The fourth-order valence-corrected chi connectivity index (χ4v) is 4.34. The Morgan fingerprint density at radius 1 is 1.20 bits per heavy atom. The molecule has 2 heterocycles. The largest absolute Gasteiger partial charge is 0.486 e. The summed E-state index contributed by atoms with van der Waals surface area (Å²) in [5.41, 5.74) is 1.36. The maximum atomic E-state index is 12.9. The van der Waals surface area contributed by atoms with Gasteiger partial charge in [0.05, 0.1) is 6.04 Å². The van der Waals surface area contributed by atoms with Gasteiger partial charge in [0.2, 0.25) is 5.91 Å². The maximum absolute atomic E-state index is 12.9. The molecule has 5 heteroatoms. The van der Waals surface area contributed by atoms with E-state index in [1.54, 1.807) is 0 Å². The number of ether oxygens (including phenoxy) is 2. The number of carbonyl (C=O) groups is 1. The van der Waals surface area contributed by atoms with Crippen LogP contribution in [0, 0.1) is 17.3 Å². The van der Waals surface area contributed by atoms with E-state index in [2.05, 4.69) is 24.5 Å². The second-order valence-electron chi connectivity index (χ2n) is 8.00. The van der Waals surface area contributed by atoms with E-state index >= 15 is 0 Å². The van der Waals surface area contributed by atoms with E-state index in [1.807, 2.05) is 18.2 Å². The van der Waals surface area contributed by atoms with Crippen LogP contribution in [-0.2, 0) is 4.79 Å². The molecule has 2 atom stereocenters. The Kier molecular flexibility index (Phi) is 4.36. The summed E-state index contributed by atoms with van der Waals surface area (Å²) in [5.74, 6) is 2.29. The van der Waals surface area contributed by atoms with Gasteiger partial charge in [0, 0.05) is 5.92 Å². The SMILES string of the molecule is CC(C)C(NC(=O)C1CC12CCNCC2)c1ccc2c(c1)OCCO2. The number of carbonyl (C=O) groups excluding carboxylic acids is 1. The fourth-order valence-electron chi connectivity index (χ4n) is 4.34. The number of hydrogen-bond donors (Lipinski definition) is 2. The first-order chi connectivity index (χ1) is 12.1. The van der Waals surface area contributed by atoms with Gasteiger partial charge >= 0.3 is 0 Å². The molecule has 4 rings (SSSR count). The number of hydrogen-bond acceptors (Lipinski definition) is 4. The summed E-state index contributed by atoms with van der Waals surface area (Å²) in [6, 6.07) is 6.03. The topological polar surface area (TPSA) is 59.6 Å². The summed E-state index contributed by atoms with van der Waals surface area (Å²) < 4.78 is 11.3. The summed E-state index contributed by atoms with van der Waals surface area (Å²) in [6.45, 7) is 7.55. The monoisotopic (exact) mass is 344 g/mol. The van der Waals surface area contributed by atoms with Crippen LogP contribution in [0.5, 0.6) is 11.5 Å². The zero-order valence-corrected chi connectivity index (χ0v) is 15.1. The average Bonchev–Trinajstić information content (AvgIpc) is 3.32. The molecule has 1 aromatic carbocycles. The van der Waals surface area contributed by atoms with Crippen LogP contribution in [0.15, 0.2) is 18.2 Å². The van der Waals surface area contributed by atoms with Gasteiger partial charge in [0.15, 0.2) is 11.5 Å². The summed E-state index contributed by atoms with van der Waals surface area (Å²) in [7, 11) is 0. The zero-order valence-electron chi connectivity index (χ0n) is 15.1. The smallest absolute Gasteiger partial charge is 0.224 e. The average molecular weight is 344 g/mol. The van der Waals surface area contributed by atoms with E-state index in [0.29, 0.717) is 19.1 Å². The van der Waals surface area contributed by atoms with Crippen LogP contribution in [0.2, 0.25) is 0 Å². The van der Waals surface area contributed by atoms with Crippen molar-refractivity contribution in [1.29, 1.82) is 0 Å². The zero-order chi connectivity index (χ0) is 17.4. The Morgan fingerprint density at radius 2 is 1.92 bits per heavy atom. The van der Waals surface area contributed by atoms with Crippen molar-refractivity contribution in [2.24, 2.45) is 17.3 Å². The Balaban J connectivity index is 1.47. The minimum atomic E-state index is 0.00249. The van der Waals surface area contributed by atoms with Crippen LogP contribution in [0.4, 0.5) is 0 Å². The van der Waals surface area contributed by atoms with E-state index < -0.39 is 0 Å². The summed E-state index contributed by atoms with van der Waals surface area (Å²) in [4.78, 5) is 12.9. The highest BCUT2D eigenvalue weighted by Gasteiger charge is 2.57. The molecule has 2 unspecified atom stereocenters. The summed E-state index contributed by atoms with van der Waals surface area (Å²) in [5, 5.41) is 6.71. The Labute approximate surface area is 149 Å². The van der Waals surface area contributed by atoms with Gasteiger partial charge in [-0.2, -0.15) is 0 Å². The van der Waals surface area contributed by atoms with E-state index in [1.165, 1.54) is 0 Å². The molecule has 1 aliphatic carbocycles. The lowest BCUT2D eigenvalue weighted by Gasteiger charge is -2.27. The number of rotatable bonds is 4. The molecule has 0 aromatic heterocycles. The van der Waals surface area contributed by atoms with Crippen LogP contribution in [0.25, 0.3) is 0 Å². The van der Waals surface area contributed by atoms with Gasteiger partial charge in [-0.05, 0) is 61.4 Å². The van der Waals surface area contributed by atoms with Gasteiger partial charge in [-0.3, -0.25) is 4.79 Å². The van der Waals surface area contributed by atoms with Gasteiger partial charge in [0.25, 0.3) is 0 Å². The van der Waals surface area contributed by atoms with Crippen molar-refractivity contribution in [3.05, 3.63) is 23.8 Å². The highest BCUT2D eigenvalue weighted by Crippen LogP contribution is 2.58. The molecule has 1 saturated carbocycles. The highest BCUT2D eigenvalue weighted by molar-refractivity contribution is 5.83. The molecule has 2 N–H and O–H groups in total. The third kappa shape index (κ3) is 3.22.